The summed E-state index contributed by atoms with van der Waals surface area (Å²) in [5.74, 6) is 0. The van der Waals surface area contributed by atoms with E-state index in [0.717, 1.165) is 15.8 Å². The third-order valence-electron chi connectivity index (χ3n) is 5.20. The monoisotopic (exact) mass is 438 g/mol. The first-order valence-electron chi connectivity index (χ1n) is 9.00. The second-order valence-electron chi connectivity index (χ2n) is 7.08. The molecule has 1 aliphatic rings. The molecule has 4 rings (SSSR count). The number of anilines is 1. The normalized spacial score (nSPS) is 14.3. The molecular weight excluding hydrogens is 418 g/mol. The van der Waals surface area contributed by atoms with Crippen LogP contribution in [0.5, 0.6) is 0 Å². The van der Waals surface area contributed by atoms with Crippen molar-refractivity contribution in [2.75, 3.05) is 25.5 Å². The van der Waals surface area contributed by atoms with E-state index in [2.05, 4.69) is 0 Å². The lowest BCUT2D eigenvalue weighted by molar-refractivity contribution is 0.0723. The quantitative estimate of drug-likeness (QED) is 0.568. The van der Waals surface area contributed by atoms with Gasteiger partial charge in [0.1, 0.15) is 0 Å². The molecule has 29 heavy (non-hydrogen) atoms. The Bertz CT molecular complexity index is 1250. The molecule has 3 aromatic rings. The highest BCUT2D eigenvalue weighted by Gasteiger charge is 2.25. The molecule has 6 nitrogen and oxygen atoms in total. The first-order chi connectivity index (χ1) is 13.7. The number of rotatable bonds is 5. The van der Waals surface area contributed by atoms with Crippen molar-refractivity contribution < 1.29 is 17.2 Å². The van der Waals surface area contributed by atoms with Crippen LogP contribution in [-0.4, -0.2) is 42.5 Å². The fourth-order valence-electron chi connectivity index (χ4n) is 3.69. The summed E-state index contributed by atoms with van der Waals surface area (Å²) < 4.78 is 55.7. The second kappa shape index (κ2) is 7.19. The summed E-state index contributed by atoms with van der Waals surface area (Å²) in [6.07, 6.45) is 0.674. The van der Waals surface area contributed by atoms with Crippen molar-refractivity contribution in [2.24, 2.45) is 0 Å². The zero-order chi connectivity index (χ0) is 20.9. The van der Waals surface area contributed by atoms with Gasteiger partial charge in [-0.2, -0.15) is 8.78 Å². The molecule has 0 aliphatic carbocycles. The molecule has 0 bridgehead atoms. The summed E-state index contributed by atoms with van der Waals surface area (Å²) in [5, 5.41) is 0. The second-order valence-corrected chi connectivity index (χ2v) is 9.60. The van der Waals surface area contributed by atoms with Gasteiger partial charge in [0.25, 0.3) is 0 Å². The van der Waals surface area contributed by atoms with Crippen molar-refractivity contribution in [1.82, 2.24) is 13.4 Å². The highest BCUT2D eigenvalue weighted by molar-refractivity contribution is 7.89. The first kappa shape index (κ1) is 20.0. The van der Waals surface area contributed by atoms with Crippen LogP contribution in [0.2, 0.25) is 0 Å². The molecule has 1 aliphatic heterocycles. The number of sulfonamides is 1. The van der Waals surface area contributed by atoms with Gasteiger partial charge in [-0.15, -0.1) is 0 Å². The van der Waals surface area contributed by atoms with Crippen LogP contribution in [-0.2, 0) is 23.1 Å². The number of fused-ring (bicyclic) bond motifs is 2. The molecule has 154 valence electrons. The highest BCUT2D eigenvalue weighted by atomic mass is 32.2. The molecule has 2 aromatic carbocycles. The van der Waals surface area contributed by atoms with Gasteiger partial charge < -0.3 is 4.90 Å². The van der Waals surface area contributed by atoms with Crippen LogP contribution in [0.25, 0.3) is 11.0 Å². The molecule has 0 amide bonds. The largest absolute Gasteiger partial charge is 0.353 e. The average molecular weight is 439 g/mol. The van der Waals surface area contributed by atoms with Crippen molar-refractivity contribution in [2.45, 2.75) is 24.5 Å². The number of aromatic nitrogens is 2. The summed E-state index contributed by atoms with van der Waals surface area (Å²) in [4.78, 5) is 2.27. The Morgan fingerprint density at radius 2 is 1.83 bits per heavy atom. The number of nitrogens with zero attached hydrogens (tertiary/aromatic N) is 4. The van der Waals surface area contributed by atoms with E-state index in [0.29, 0.717) is 30.7 Å². The fraction of sp³-hybridized carbons (Fsp3) is 0.316. The minimum absolute atomic E-state index is 0.0569. The number of para-hydroxylation sites is 2. The zero-order valence-electron chi connectivity index (χ0n) is 15.9. The fourth-order valence-corrected chi connectivity index (χ4v) is 4.98. The maximum Gasteiger partial charge on any atom is 0.321 e. The van der Waals surface area contributed by atoms with E-state index in [1.807, 2.05) is 4.90 Å². The van der Waals surface area contributed by atoms with E-state index in [1.54, 1.807) is 47.0 Å². The number of hydrogen-bond acceptors (Lipinski definition) is 4. The Labute approximate surface area is 172 Å². The molecule has 0 radical (unpaired) electrons. The first-order valence-corrected chi connectivity index (χ1v) is 10.8. The molecule has 0 atom stereocenters. The molecule has 0 saturated heterocycles. The molecule has 0 fully saturated rings. The lowest BCUT2D eigenvalue weighted by Gasteiger charge is -2.21. The van der Waals surface area contributed by atoms with E-state index < -0.39 is 16.6 Å². The van der Waals surface area contributed by atoms with Crippen LogP contribution in [0.4, 0.5) is 14.5 Å². The molecule has 1 aromatic heterocycles. The Morgan fingerprint density at radius 1 is 1.14 bits per heavy atom. The molecule has 0 spiro atoms. The number of hydrogen-bond donors (Lipinski definition) is 0. The Kier molecular flexibility index (Phi) is 4.96. The summed E-state index contributed by atoms with van der Waals surface area (Å²) in [7, 11) is -0.519. The van der Waals surface area contributed by atoms with Gasteiger partial charge in [-0.05, 0) is 54.5 Å². The average Bonchev–Trinajstić information content (AvgIpc) is 3.20. The van der Waals surface area contributed by atoms with Gasteiger partial charge in [-0.25, -0.2) is 12.7 Å². The maximum absolute atomic E-state index is 13.6. The molecular formula is C19H20F2N4O2S2. The van der Waals surface area contributed by atoms with E-state index >= 15 is 0 Å². The van der Waals surface area contributed by atoms with Crippen molar-refractivity contribution in [3.63, 3.8) is 0 Å². The summed E-state index contributed by atoms with van der Waals surface area (Å²) >= 11 is 5.34. The molecule has 2 heterocycles. The predicted octanol–water partition coefficient (Wildman–Crippen LogP) is 3.84. The number of halogens is 2. The Hall–Kier alpha value is -2.30. The van der Waals surface area contributed by atoms with Crippen molar-refractivity contribution in [3.8, 4) is 0 Å². The molecule has 0 N–H and O–H groups in total. The van der Waals surface area contributed by atoms with E-state index in [4.69, 9.17) is 12.2 Å². The zero-order valence-corrected chi connectivity index (χ0v) is 17.6. The van der Waals surface area contributed by atoms with E-state index in [9.17, 15) is 17.2 Å². The smallest absolute Gasteiger partial charge is 0.321 e. The topological polar surface area (TPSA) is 50.5 Å². The third-order valence-corrected chi connectivity index (χ3v) is 7.43. The molecule has 0 unspecified atom stereocenters. The van der Waals surface area contributed by atoms with Gasteiger partial charge in [-0.1, -0.05) is 12.1 Å². The van der Waals surface area contributed by atoms with Crippen LogP contribution >= 0.6 is 12.2 Å². The van der Waals surface area contributed by atoms with Crippen LogP contribution in [0.15, 0.2) is 47.4 Å². The Balaban J connectivity index is 1.73. The van der Waals surface area contributed by atoms with Gasteiger partial charge in [0.2, 0.25) is 10.0 Å². The van der Waals surface area contributed by atoms with Crippen LogP contribution in [0.3, 0.4) is 0 Å². The van der Waals surface area contributed by atoms with Crippen LogP contribution in [0.1, 0.15) is 12.1 Å². The highest BCUT2D eigenvalue weighted by Crippen LogP contribution is 2.32. The standard InChI is InChI=1S/C19H20F2N4O2S2/c1-22(2)29(26,27)14-7-8-15-13(11-14)9-10-23(15)12-24-16-5-3-4-6-17(16)25(18(20)21)19(24)28/h3-8,11,18H,9-10,12H2,1-2H3. The molecule has 0 saturated carbocycles. The SMILES string of the molecule is CN(C)S(=O)(=O)c1ccc2c(c1)CCN2Cn1c(=S)n(C(F)F)c2ccccc21. The summed E-state index contributed by atoms with van der Waals surface area (Å²) in [6.45, 7) is -1.76. The van der Waals surface area contributed by atoms with Gasteiger partial charge in [0.15, 0.2) is 4.77 Å². The lowest BCUT2D eigenvalue weighted by Crippen LogP contribution is -2.24. The van der Waals surface area contributed by atoms with Gasteiger partial charge in [-0.3, -0.25) is 9.13 Å². The van der Waals surface area contributed by atoms with Crippen molar-refractivity contribution >= 4 is 39.0 Å². The lowest BCUT2D eigenvalue weighted by atomic mass is 10.2. The minimum atomic E-state index is -3.51. The summed E-state index contributed by atoms with van der Waals surface area (Å²) in [5.41, 5.74) is 2.83. The molecule has 10 heteroatoms. The Morgan fingerprint density at radius 3 is 2.48 bits per heavy atom. The summed E-state index contributed by atoms with van der Waals surface area (Å²) in [6, 6.07) is 11.9. The third kappa shape index (κ3) is 3.24. The van der Waals surface area contributed by atoms with Crippen molar-refractivity contribution in [3.05, 3.63) is 52.8 Å². The number of imidazole rings is 1. The van der Waals surface area contributed by atoms with E-state index in [1.165, 1.54) is 18.4 Å². The number of alkyl halides is 2. The van der Waals surface area contributed by atoms with Gasteiger partial charge in [0, 0.05) is 26.3 Å². The maximum atomic E-state index is 13.6. The van der Waals surface area contributed by atoms with Crippen molar-refractivity contribution in [1.29, 1.82) is 0 Å². The predicted molar refractivity (Wildman–Crippen MR) is 110 cm³/mol. The number of benzene rings is 2. The van der Waals surface area contributed by atoms with Crippen LogP contribution in [0, 0.1) is 4.77 Å². The minimum Gasteiger partial charge on any atom is -0.353 e. The van der Waals surface area contributed by atoms with Gasteiger partial charge >= 0.3 is 6.55 Å². The van der Waals surface area contributed by atoms with Crippen LogP contribution < -0.4 is 4.90 Å². The van der Waals surface area contributed by atoms with Gasteiger partial charge in [0.05, 0.1) is 22.6 Å². The van der Waals surface area contributed by atoms with E-state index in [-0.39, 0.29) is 9.67 Å².